The molecule has 0 aliphatic rings. The summed E-state index contributed by atoms with van der Waals surface area (Å²) in [6, 6.07) is 0. The molecule has 0 unspecified atom stereocenters. The molecule has 1 aromatic rings. The molecule has 0 fully saturated rings. The molecule has 0 spiro atoms. The van der Waals surface area contributed by atoms with Crippen LogP contribution in [0.15, 0.2) is 0 Å². The molecular weight excluding hydrogens is 250 g/mol. The maximum Gasteiger partial charge on any atom is 0.221 e. The average molecular weight is 279 g/mol. The highest BCUT2D eigenvalue weighted by molar-refractivity contribution is 5.48. The summed E-state index contributed by atoms with van der Waals surface area (Å²) in [4.78, 5) is 9.16. The number of ether oxygens (including phenoxy) is 1. The molecule has 0 radical (unpaired) electrons. The number of aromatic nitrogens is 2. The Morgan fingerprint density at radius 3 is 2.50 bits per heavy atom. The van der Waals surface area contributed by atoms with E-state index in [9.17, 15) is 0 Å². The Bertz CT molecular complexity index is 405. The standard InChI is InChI=1S/C16H29N3O/c1-6-8-14-18-15(17-10-7-2)13(5)16(19-14)20-11-9-12(3)4/h12H,6-11H2,1-5H3,(H,17,18,19). The number of nitrogens with zero attached hydrogens (tertiary/aromatic N) is 2. The minimum atomic E-state index is 0.643. The second-order valence-corrected chi connectivity index (χ2v) is 5.63. The molecule has 0 aromatic carbocycles. The lowest BCUT2D eigenvalue weighted by atomic mass is 10.1. The lowest BCUT2D eigenvalue weighted by molar-refractivity contribution is 0.276. The average Bonchev–Trinajstić information content (AvgIpc) is 2.40. The number of rotatable bonds is 9. The Labute approximate surface area is 123 Å². The molecule has 0 saturated heterocycles. The topological polar surface area (TPSA) is 47.0 Å². The van der Waals surface area contributed by atoms with Crippen LogP contribution in [0.1, 0.15) is 58.3 Å². The van der Waals surface area contributed by atoms with E-state index < -0.39 is 0 Å². The molecule has 4 nitrogen and oxygen atoms in total. The van der Waals surface area contributed by atoms with Crippen molar-refractivity contribution < 1.29 is 4.74 Å². The number of aryl methyl sites for hydroxylation is 1. The van der Waals surface area contributed by atoms with Gasteiger partial charge in [0.2, 0.25) is 5.88 Å². The van der Waals surface area contributed by atoms with Crippen molar-refractivity contribution in [2.45, 2.75) is 60.3 Å². The van der Waals surface area contributed by atoms with Gasteiger partial charge in [0, 0.05) is 13.0 Å². The monoisotopic (exact) mass is 279 g/mol. The summed E-state index contributed by atoms with van der Waals surface area (Å²) in [6.45, 7) is 12.4. The fourth-order valence-electron chi connectivity index (χ4n) is 1.82. The first-order valence-electron chi connectivity index (χ1n) is 7.82. The van der Waals surface area contributed by atoms with Gasteiger partial charge in [-0.1, -0.05) is 27.7 Å². The number of hydrogen-bond acceptors (Lipinski definition) is 4. The van der Waals surface area contributed by atoms with Gasteiger partial charge in [0.25, 0.3) is 0 Å². The van der Waals surface area contributed by atoms with Crippen LogP contribution < -0.4 is 10.1 Å². The molecule has 1 heterocycles. The SMILES string of the molecule is CCCNc1nc(CCC)nc(OCCC(C)C)c1C. The number of nitrogens with one attached hydrogen (secondary N) is 1. The van der Waals surface area contributed by atoms with Crippen molar-refractivity contribution in [1.29, 1.82) is 0 Å². The highest BCUT2D eigenvalue weighted by Crippen LogP contribution is 2.23. The van der Waals surface area contributed by atoms with E-state index in [2.05, 4.69) is 43.0 Å². The Balaban J connectivity index is 2.86. The first kappa shape index (κ1) is 16.7. The van der Waals surface area contributed by atoms with E-state index in [1.165, 1.54) is 0 Å². The maximum absolute atomic E-state index is 5.86. The van der Waals surface area contributed by atoms with Crippen LogP contribution in [0.5, 0.6) is 5.88 Å². The molecule has 0 bridgehead atoms. The smallest absolute Gasteiger partial charge is 0.221 e. The minimum absolute atomic E-state index is 0.643. The highest BCUT2D eigenvalue weighted by atomic mass is 16.5. The lowest BCUT2D eigenvalue weighted by Crippen LogP contribution is -2.11. The zero-order valence-electron chi connectivity index (χ0n) is 13.6. The van der Waals surface area contributed by atoms with Crippen molar-refractivity contribution in [3.8, 4) is 5.88 Å². The first-order valence-corrected chi connectivity index (χ1v) is 7.82. The summed E-state index contributed by atoms with van der Waals surface area (Å²) in [6.07, 6.45) is 4.06. The van der Waals surface area contributed by atoms with Crippen LogP contribution in [0.4, 0.5) is 5.82 Å². The second-order valence-electron chi connectivity index (χ2n) is 5.63. The maximum atomic E-state index is 5.86. The van der Waals surface area contributed by atoms with Crippen molar-refractivity contribution in [1.82, 2.24) is 9.97 Å². The number of hydrogen-bond donors (Lipinski definition) is 1. The van der Waals surface area contributed by atoms with Gasteiger partial charge in [-0.3, -0.25) is 0 Å². The van der Waals surface area contributed by atoms with E-state index in [-0.39, 0.29) is 0 Å². The molecule has 1 rings (SSSR count). The molecular formula is C16H29N3O. The van der Waals surface area contributed by atoms with Gasteiger partial charge < -0.3 is 10.1 Å². The lowest BCUT2D eigenvalue weighted by Gasteiger charge is -2.14. The first-order chi connectivity index (χ1) is 9.58. The van der Waals surface area contributed by atoms with E-state index in [1.807, 2.05) is 6.92 Å². The van der Waals surface area contributed by atoms with E-state index in [0.717, 1.165) is 55.3 Å². The molecule has 0 amide bonds. The summed E-state index contributed by atoms with van der Waals surface area (Å²) in [5, 5.41) is 3.37. The van der Waals surface area contributed by atoms with Gasteiger partial charge in [-0.15, -0.1) is 0 Å². The van der Waals surface area contributed by atoms with Crippen LogP contribution in [-0.2, 0) is 6.42 Å². The predicted octanol–water partition coefficient (Wildman–Crippen LogP) is 3.98. The third-order valence-corrected chi connectivity index (χ3v) is 3.10. The summed E-state index contributed by atoms with van der Waals surface area (Å²) < 4.78 is 5.86. The summed E-state index contributed by atoms with van der Waals surface area (Å²) in [5.41, 5.74) is 1.02. The quantitative estimate of drug-likeness (QED) is 0.742. The zero-order valence-corrected chi connectivity index (χ0v) is 13.6. The van der Waals surface area contributed by atoms with Gasteiger partial charge in [0.05, 0.1) is 12.2 Å². The Morgan fingerprint density at radius 2 is 1.90 bits per heavy atom. The van der Waals surface area contributed by atoms with Gasteiger partial charge in [0.15, 0.2) is 0 Å². The minimum Gasteiger partial charge on any atom is -0.477 e. The third kappa shape index (κ3) is 5.35. The van der Waals surface area contributed by atoms with Gasteiger partial charge in [-0.05, 0) is 32.1 Å². The normalized spacial score (nSPS) is 10.9. The van der Waals surface area contributed by atoms with Crippen molar-refractivity contribution in [2.75, 3.05) is 18.5 Å². The van der Waals surface area contributed by atoms with E-state index in [4.69, 9.17) is 4.74 Å². The fourth-order valence-corrected chi connectivity index (χ4v) is 1.82. The second kappa shape index (κ2) is 8.77. The molecule has 4 heteroatoms. The van der Waals surface area contributed by atoms with Crippen molar-refractivity contribution in [3.05, 3.63) is 11.4 Å². The molecule has 114 valence electrons. The van der Waals surface area contributed by atoms with Crippen LogP contribution in [-0.4, -0.2) is 23.1 Å². The van der Waals surface area contributed by atoms with Crippen molar-refractivity contribution in [2.24, 2.45) is 5.92 Å². The summed E-state index contributed by atoms with van der Waals surface area (Å²) in [7, 11) is 0. The van der Waals surface area contributed by atoms with Gasteiger partial charge in [-0.2, -0.15) is 4.98 Å². The van der Waals surface area contributed by atoms with Crippen molar-refractivity contribution >= 4 is 5.82 Å². The predicted molar refractivity (Wildman–Crippen MR) is 84.5 cm³/mol. The Kier molecular flexibility index (Phi) is 7.34. The van der Waals surface area contributed by atoms with Crippen molar-refractivity contribution in [3.63, 3.8) is 0 Å². The molecule has 0 aliphatic carbocycles. The van der Waals surface area contributed by atoms with Crippen LogP contribution in [0.25, 0.3) is 0 Å². The van der Waals surface area contributed by atoms with E-state index in [0.29, 0.717) is 12.5 Å². The zero-order chi connectivity index (χ0) is 15.0. The van der Waals surface area contributed by atoms with E-state index >= 15 is 0 Å². The summed E-state index contributed by atoms with van der Waals surface area (Å²) >= 11 is 0. The molecule has 1 N–H and O–H groups in total. The van der Waals surface area contributed by atoms with E-state index in [1.54, 1.807) is 0 Å². The van der Waals surface area contributed by atoms with Gasteiger partial charge in [-0.25, -0.2) is 4.98 Å². The molecule has 20 heavy (non-hydrogen) atoms. The molecule has 0 aliphatic heterocycles. The van der Waals surface area contributed by atoms with Crippen LogP contribution >= 0.6 is 0 Å². The highest BCUT2D eigenvalue weighted by Gasteiger charge is 2.11. The van der Waals surface area contributed by atoms with Crippen LogP contribution in [0.3, 0.4) is 0 Å². The Hall–Kier alpha value is -1.32. The molecule has 0 saturated carbocycles. The largest absolute Gasteiger partial charge is 0.477 e. The Morgan fingerprint density at radius 1 is 1.15 bits per heavy atom. The van der Waals surface area contributed by atoms with Gasteiger partial charge in [0.1, 0.15) is 11.6 Å². The summed E-state index contributed by atoms with van der Waals surface area (Å²) in [5.74, 6) is 3.17. The molecule has 1 aromatic heterocycles. The number of anilines is 1. The van der Waals surface area contributed by atoms with Gasteiger partial charge >= 0.3 is 0 Å². The van der Waals surface area contributed by atoms with Crippen LogP contribution in [0.2, 0.25) is 0 Å². The van der Waals surface area contributed by atoms with Crippen LogP contribution in [0, 0.1) is 12.8 Å². The fraction of sp³-hybridized carbons (Fsp3) is 0.750. The third-order valence-electron chi connectivity index (χ3n) is 3.10. The molecule has 0 atom stereocenters.